The average molecular weight is 259 g/mol. The molecule has 2 nitrogen and oxygen atoms in total. The first-order valence-corrected chi connectivity index (χ1v) is 7.46. The molecule has 19 heavy (non-hydrogen) atoms. The zero-order valence-electron chi connectivity index (χ0n) is 12.4. The highest BCUT2D eigenvalue weighted by atomic mass is 16.2. The fourth-order valence-corrected chi connectivity index (χ4v) is 2.82. The summed E-state index contributed by atoms with van der Waals surface area (Å²) < 4.78 is 0. The van der Waals surface area contributed by atoms with Gasteiger partial charge in [-0.15, -0.1) is 0 Å². The van der Waals surface area contributed by atoms with Gasteiger partial charge >= 0.3 is 0 Å². The third-order valence-electron chi connectivity index (χ3n) is 4.04. The standard InChI is InChI=1S/C17H25NO/c1-13(2)16-8-6-7-15(12-16)11-14(3)18-10-5-4-9-17(18)19/h6-8,12-14H,4-5,9-11H2,1-3H3. The highest BCUT2D eigenvalue weighted by Crippen LogP contribution is 2.20. The molecule has 1 atom stereocenters. The van der Waals surface area contributed by atoms with E-state index in [1.54, 1.807) is 0 Å². The number of likely N-dealkylation sites (tertiary alicyclic amines) is 1. The molecule has 1 fully saturated rings. The highest BCUT2D eigenvalue weighted by Gasteiger charge is 2.23. The third kappa shape index (κ3) is 3.59. The summed E-state index contributed by atoms with van der Waals surface area (Å²) in [5.41, 5.74) is 2.73. The Balaban J connectivity index is 2.03. The van der Waals surface area contributed by atoms with E-state index in [0.29, 0.717) is 17.9 Å². The lowest BCUT2D eigenvalue weighted by Crippen LogP contribution is -2.42. The quantitative estimate of drug-likeness (QED) is 0.806. The second kappa shape index (κ2) is 6.23. The van der Waals surface area contributed by atoms with Crippen LogP contribution < -0.4 is 0 Å². The first-order valence-electron chi connectivity index (χ1n) is 7.46. The number of hydrogen-bond donors (Lipinski definition) is 0. The lowest BCUT2D eigenvalue weighted by atomic mass is 9.97. The Morgan fingerprint density at radius 2 is 2.00 bits per heavy atom. The van der Waals surface area contributed by atoms with Crippen LogP contribution in [0.3, 0.4) is 0 Å². The topological polar surface area (TPSA) is 20.3 Å². The summed E-state index contributed by atoms with van der Waals surface area (Å²) in [6.45, 7) is 7.54. The van der Waals surface area contributed by atoms with Gasteiger partial charge in [-0.2, -0.15) is 0 Å². The van der Waals surface area contributed by atoms with E-state index < -0.39 is 0 Å². The Morgan fingerprint density at radius 1 is 1.21 bits per heavy atom. The van der Waals surface area contributed by atoms with Crippen molar-refractivity contribution in [1.82, 2.24) is 4.90 Å². The molecule has 0 N–H and O–H groups in total. The third-order valence-corrected chi connectivity index (χ3v) is 4.04. The summed E-state index contributed by atoms with van der Waals surface area (Å²) in [6, 6.07) is 9.10. The molecular weight excluding hydrogens is 234 g/mol. The van der Waals surface area contributed by atoms with Crippen LogP contribution in [0.15, 0.2) is 24.3 Å². The van der Waals surface area contributed by atoms with Crippen LogP contribution in [-0.2, 0) is 11.2 Å². The minimum Gasteiger partial charge on any atom is -0.340 e. The SMILES string of the molecule is CC(C)c1cccc(CC(C)N2CCCCC2=O)c1. The van der Waals surface area contributed by atoms with Crippen molar-refractivity contribution in [2.75, 3.05) is 6.54 Å². The molecule has 104 valence electrons. The van der Waals surface area contributed by atoms with Crippen LogP contribution in [-0.4, -0.2) is 23.4 Å². The zero-order valence-corrected chi connectivity index (χ0v) is 12.4. The van der Waals surface area contributed by atoms with Gasteiger partial charge in [0.2, 0.25) is 5.91 Å². The fourth-order valence-electron chi connectivity index (χ4n) is 2.82. The van der Waals surface area contributed by atoms with Crippen molar-refractivity contribution < 1.29 is 4.79 Å². The van der Waals surface area contributed by atoms with Crippen molar-refractivity contribution in [3.63, 3.8) is 0 Å². The predicted octanol–water partition coefficient (Wildman–Crippen LogP) is 3.75. The van der Waals surface area contributed by atoms with Crippen molar-refractivity contribution in [3.05, 3.63) is 35.4 Å². The van der Waals surface area contributed by atoms with Crippen LogP contribution in [0.5, 0.6) is 0 Å². The van der Waals surface area contributed by atoms with Gasteiger partial charge in [0.1, 0.15) is 0 Å². The molecule has 0 bridgehead atoms. The van der Waals surface area contributed by atoms with Gasteiger partial charge in [-0.25, -0.2) is 0 Å². The summed E-state index contributed by atoms with van der Waals surface area (Å²) in [6.07, 6.45) is 3.91. The van der Waals surface area contributed by atoms with Crippen LogP contribution in [0.1, 0.15) is 57.1 Å². The Labute approximate surface area is 116 Å². The molecule has 1 amide bonds. The number of carbonyl (C=O) groups excluding carboxylic acids is 1. The fraction of sp³-hybridized carbons (Fsp3) is 0.588. The first-order chi connectivity index (χ1) is 9.08. The van der Waals surface area contributed by atoms with E-state index in [9.17, 15) is 4.79 Å². The van der Waals surface area contributed by atoms with Gasteiger partial charge < -0.3 is 4.90 Å². The molecule has 0 radical (unpaired) electrons. The molecule has 1 heterocycles. The Hall–Kier alpha value is -1.31. The van der Waals surface area contributed by atoms with Crippen LogP contribution in [0.4, 0.5) is 0 Å². The highest BCUT2D eigenvalue weighted by molar-refractivity contribution is 5.77. The lowest BCUT2D eigenvalue weighted by Gasteiger charge is -2.32. The van der Waals surface area contributed by atoms with Gasteiger partial charge in [-0.3, -0.25) is 4.79 Å². The molecule has 0 aromatic heterocycles. The Bertz CT molecular complexity index is 439. The summed E-state index contributed by atoms with van der Waals surface area (Å²) in [5, 5.41) is 0. The molecular formula is C17H25NO. The second-order valence-electron chi connectivity index (χ2n) is 6.00. The summed E-state index contributed by atoms with van der Waals surface area (Å²) >= 11 is 0. The van der Waals surface area contributed by atoms with Gasteiger partial charge in [0.25, 0.3) is 0 Å². The van der Waals surface area contributed by atoms with Gasteiger partial charge in [0, 0.05) is 19.0 Å². The predicted molar refractivity (Wildman–Crippen MR) is 79.3 cm³/mol. The zero-order chi connectivity index (χ0) is 13.8. The molecule has 1 aliphatic heterocycles. The molecule has 2 rings (SSSR count). The first kappa shape index (κ1) is 14.1. The van der Waals surface area contributed by atoms with Crippen LogP contribution in [0.25, 0.3) is 0 Å². The van der Waals surface area contributed by atoms with Crippen LogP contribution >= 0.6 is 0 Å². The summed E-state index contributed by atoms with van der Waals surface area (Å²) in [7, 11) is 0. The molecule has 1 aromatic rings. The number of carbonyl (C=O) groups is 1. The molecule has 1 aliphatic rings. The van der Waals surface area contributed by atoms with E-state index in [-0.39, 0.29) is 0 Å². The van der Waals surface area contributed by atoms with Crippen molar-refractivity contribution in [1.29, 1.82) is 0 Å². The number of benzene rings is 1. The molecule has 2 heteroatoms. The monoisotopic (exact) mass is 259 g/mol. The maximum absolute atomic E-state index is 11.9. The van der Waals surface area contributed by atoms with E-state index in [4.69, 9.17) is 0 Å². The molecule has 1 saturated heterocycles. The lowest BCUT2D eigenvalue weighted by molar-refractivity contribution is -0.135. The van der Waals surface area contributed by atoms with E-state index in [2.05, 4.69) is 49.9 Å². The van der Waals surface area contributed by atoms with Crippen molar-refractivity contribution >= 4 is 5.91 Å². The van der Waals surface area contributed by atoms with Crippen LogP contribution in [0, 0.1) is 0 Å². The number of amides is 1. The molecule has 1 aromatic carbocycles. The van der Waals surface area contributed by atoms with E-state index in [1.165, 1.54) is 11.1 Å². The van der Waals surface area contributed by atoms with Gasteiger partial charge in [0.15, 0.2) is 0 Å². The van der Waals surface area contributed by atoms with Gasteiger partial charge in [-0.1, -0.05) is 38.1 Å². The summed E-state index contributed by atoms with van der Waals surface area (Å²) in [5.74, 6) is 0.894. The minimum absolute atomic E-state index is 0.315. The number of rotatable bonds is 4. The second-order valence-corrected chi connectivity index (χ2v) is 6.00. The molecule has 0 spiro atoms. The normalized spacial score (nSPS) is 17.9. The smallest absolute Gasteiger partial charge is 0.222 e. The van der Waals surface area contributed by atoms with Crippen molar-refractivity contribution in [3.8, 4) is 0 Å². The van der Waals surface area contributed by atoms with E-state index in [1.807, 2.05) is 0 Å². The van der Waals surface area contributed by atoms with Gasteiger partial charge in [0.05, 0.1) is 0 Å². The van der Waals surface area contributed by atoms with E-state index >= 15 is 0 Å². The van der Waals surface area contributed by atoms with Crippen LogP contribution in [0.2, 0.25) is 0 Å². The average Bonchev–Trinajstić information content (AvgIpc) is 2.39. The Kier molecular flexibility index (Phi) is 4.62. The number of nitrogens with zero attached hydrogens (tertiary/aromatic N) is 1. The maximum Gasteiger partial charge on any atom is 0.222 e. The Morgan fingerprint density at radius 3 is 2.68 bits per heavy atom. The van der Waals surface area contributed by atoms with Crippen molar-refractivity contribution in [2.24, 2.45) is 0 Å². The largest absolute Gasteiger partial charge is 0.340 e. The molecule has 0 saturated carbocycles. The van der Waals surface area contributed by atoms with Gasteiger partial charge in [-0.05, 0) is 43.2 Å². The summed E-state index contributed by atoms with van der Waals surface area (Å²) in [4.78, 5) is 14.0. The minimum atomic E-state index is 0.315. The number of hydrogen-bond acceptors (Lipinski definition) is 1. The van der Waals surface area contributed by atoms with Crippen molar-refractivity contribution in [2.45, 2.75) is 58.4 Å². The molecule has 0 aliphatic carbocycles. The number of piperidine rings is 1. The maximum atomic E-state index is 11.9. The molecule has 1 unspecified atom stereocenters. The van der Waals surface area contributed by atoms with E-state index in [0.717, 1.165) is 32.2 Å².